The summed E-state index contributed by atoms with van der Waals surface area (Å²) < 4.78 is 31.1. The molecule has 0 bridgehead atoms. The lowest BCUT2D eigenvalue weighted by molar-refractivity contribution is 0.322. The molecule has 0 heterocycles. The van der Waals surface area contributed by atoms with E-state index in [1.807, 2.05) is 31.2 Å². The van der Waals surface area contributed by atoms with Crippen molar-refractivity contribution in [2.75, 3.05) is 32.6 Å². The highest BCUT2D eigenvalue weighted by Gasteiger charge is 2.17. The minimum atomic E-state index is -3.48. The van der Waals surface area contributed by atoms with Gasteiger partial charge in [-0.2, -0.15) is 0 Å². The molecule has 140 valence electrons. The van der Waals surface area contributed by atoms with Gasteiger partial charge in [0, 0.05) is 19.8 Å². The fourth-order valence-electron chi connectivity index (χ4n) is 2.09. The van der Waals surface area contributed by atoms with Gasteiger partial charge in [0.05, 0.1) is 11.4 Å². The van der Waals surface area contributed by atoms with Crippen molar-refractivity contribution in [3.05, 3.63) is 54.1 Å². The molecule has 2 aromatic carbocycles. The molecule has 0 radical (unpaired) electrons. The summed E-state index contributed by atoms with van der Waals surface area (Å²) in [5.74, 6) is 0.804. The van der Waals surface area contributed by atoms with Gasteiger partial charge in [-0.15, -0.1) is 0 Å². The third kappa shape index (κ3) is 5.69. The van der Waals surface area contributed by atoms with Gasteiger partial charge < -0.3 is 15.4 Å². The number of benzene rings is 2. The molecule has 8 heteroatoms. The van der Waals surface area contributed by atoms with Crippen LogP contribution in [0.1, 0.15) is 5.56 Å². The van der Waals surface area contributed by atoms with Crippen LogP contribution >= 0.6 is 12.2 Å². The van der Waals surface area contributed by atoms with Crippen LogP contribution in [0.15, 0.2) is 53.4 Å². The summed E-state index contributed by atoms with van der Waals surface area (Å²) >= 11 is 5.23. The van der Waals surface area contributed by atoms with Gasteiger partial charge >= 0.3 is 0 Å². The maximum absolute atomic E-state index is 12.2. The maximum Gasteiger partial charge on any atom is 0.242 e. The van der Waals surface area contributed by atoms with Crippen molar-refractivity contribution in [2.45, 2.75) is 11.8 Å². The summed E-state index contributed by atoms with van der Waals surface area (Å²) in [5.41, 5.74) is 1.78. The number of hydrogen-bond donors (Lipinski definition) is 2. The first-order valence-corrected chi connectivity index (χ1v) is 9.91. The fraction of sp³-hybridized carbons (Fsp3) is 0.278. The smallest absolute Gasteiger partial charge is 0.242 e. The molecule has 6 nitrogen and oxygen atoms in total. The van der Waals surface area contributed by atoms with Gasteiger partial charge in [0.15, 0.2) is 5.11 Å². The Morgan fingerprint density at radius 2 is 1.85 bits per heavy atom. The first-order chi connectivity index (χ1) is 12.3. The molecule has 2 aromatic rings. The first-order valence-electron chi connectivity index (χ1n) is 8.06. The van der Waals surface area contributed by atoms with Crippen LogP contribution in [-0.2, 0) is 10.0 Å². The minimum absolute atomic E-state index is 0.206. The van der Waals surface area contributed by atoms with Gasteiger partial charge in [0.1, 0.15) is 12.4 Å². The van der Waals surface area contributed by atoms with Crippen molar-refractivity contribution >= 4 is 33.0 Å². The zero-order valence-electron chi connectivity index (χ0n) is 15.0. The Labute approximate surface area is 160 Å². The largest absolute Gasteiger partial charge is 0.492 e. The molecule has 0 fully saturated rings. The van der Waals surface area contributed by atoms with Crippen molar-refractivity contribution in [1.29, 1.82) is 0 Å². The number of aryl methyl sites for hydroxylation is 1. The molecule has 0 aliphatic rings. The van der Waals surface area contributed by atoms with E-state index in [1.165, 1.54) is 24.0 Å². The molecule has 26 heavy (non-hydrogen) atoms. The van der Waals surface area contributed by atoms with Crippen molar-refractivity contribution in [3.8, 4) is 5.75 Å². The Morgan fingerprint density at radius 1 is 1.15 bits per heavy atom. The molecule has 0 aliphatic heterocycles. The molecule has 0 saturated carbocycles. The molecule has 0 amide bonds. The zero-order chi connectivity index (χ0) is 19.2. The normalized spacial score (nSPS) is 11.2. The van der Waals surface area contributed by atoms with E-state index in [1.54, 1.807) is 24.3 Å². The minimum Gasteiger partial charge on any atom is -0.492 e. The molecule has 0 aromatic heterocycles. The van der Waals surface area contributed by atoms with Gasteiger partial charge in [0.25, 0.3) is 0 Å². The lowest BCUT2D eigenvalue weighted by Crippen LogP contribution is -2.32. The summed E-state index contributed by atoms with van der Waals surface area (Å²) in [4.78, 5) is 0.206. The van der Waals surface area contributed by atoms with Crippen molar-refractivity contribution < 1.29 is 13.2 Å². The topological polar surface area (TPSA) is 70.7 Å². The SMILES string of the molecule is Cc1ccc(OCCNC(=S)Nc2cccc(S(=O)(=O)N(C)C)c2)cc1. The fourth-order valence-corrected chi connectivity index (χ4v) is 3.26. The first kappa shape index (κ1) is 20.2. The highest BCUT2D eigenvalue weighted by molar-refractivity contribution is 7.89. The van der Waals surface area contributed by atoms with Gasteiger partial charge in [-0.05, 0) is 49.5 Å². The van der Waals surface area contributed by atoms with E-state index in [4.69, 9.17) is 17.0 Å². The Morgan fingerprint density at radius 3 is 2.50 bits per heavy atom. The number of nitrogens with one attached hydrogen (secondary N) is 2. The van der Waals surface area contributed by atoms with Crippen molar-refractivity contribution in [3.63, 3.8) is 0 Å². The molecule has 0 atom stereocenters. The summed E-state index contributed by atoms with van der Waals surface area (Å²) in [7, 11) is -0.489. The van der Waals surface area contributed by atoms with E-state index in [-0.39, 0.29) is 4.90 Å². The van der Waals surface area contributed by atoms with E-state index in [0.717, 1.165) is 5.75 Å². The average Bonchev–Trinajstić information content (AvgIpc) is 2.60. The van der Waals surface area contributed by atoms with E-state index in [9.17, 15) is 8.42 Å². The summed E-state index contributed by atoms with van der Waals surface area (Å²) in [6, 6.07) is 14.3. The molecule has 2 rings (SSSR count). The second-order valence-electron chi connectivity index (χ2n) is 5.86. The van der Waals surface area contributed by atoms with Crippen LogP contribution in [0.4, 0.5) is 5.69 Å². The molecular formula is C18H23N3O3S2. The number of thiocarbonyl (C=S) groups is 1. The van der Waals surface area contributed by atoms with E-state index >= 15 is 0 Å². The third-order valence-corrected chi connectivity index (χ3v) is 5.61. The molecule has 0 aliphatic carbocycles. The number of ether oxygens (including phenoxy) is 1. The Balaban J connectivity index is 1.83. The molecule has 0 saturated heterocycles. The van der Waals surface area contributed by atoms with Crippen LogP contribution in [0.25, 0.3) is 0 Å². The lowest BCUT2D eigenvalue weighted by Gasteiger charge is -2.14. The van der Waals surface area contributed by atoms with Crippen molar-refractivity contribution in [2.24, 2.45) is 0 Å². The predicted octanol–water partition coefficient (Wildman–Crippen LogP) is 2.61. The second-order valence-corrected chi connectivity index (χ2v) is 8.42. The third-order valence-electron chi connectivity index (χ3n) is 3.55. The highest BCUT2D eigenvalue weighted by atomic mass is 32.2. The summed E-state index contributed by atoms with van der Waals surface area (Å²) in [5, 5.41) is 6.41. The Kier molecular flexibility index (Phi) is 6.96. The van der Waals surface area contributed by atoms with Gasteiger partial charge in [0.2, 0.25) is 10.0 Å². The monoisotopic (exact) mass is 393 g/mol. The number of nitrogens with zero attached hydrogens (tertiary/aromatic N) is 1. The van der Waals surface area contributed by atoms with E-state index in [0.29, 0.717) is 24.0 Å². The highest BCUT2D eigenvalue weighted by Crippen LogP contribution is 2.17. The van der Waals surface area contributed by atoms with Gasteiger partial charge in [-0.25, -0.2) is 12.7 Å². The van der Waals surface area contributed by atoms with Crippen LogP contribution in [-0.4, -0.2) is 45.1 Å². The van der Waals surface area contributed by atoms with Crippen LogP contribution in [0.2, 0.25) is 0 Å². The number of rotatable bonds is 7. The number of sulfonamides is 1. The Hall–Kier alpha value is -2.16. The number of hydrogen-bond acceptors (Lipinski definition) is 4. The van der Waals surface area contributed by atoms with E-state index < -0.39 is 10.0 Å². The molecule has 0 unspecified atom stereocenters. The van der Waals surface area contributed by atoms with Crippen molar-refractivity contribution in [1.82, 2.24) is 9.62 Å². The van der Waals surface area contributed by atoms with Crippen LogP contribution in [0.3, 0.4) is 0 Å². The standard InChI is InChI=1S/C18H23N3O3S2/c1-14-7-9-16(10-8-14)24-12-11-19-18(25)20-15-5-4-6-17(13-15)26(22,23)21(2)3/h4-10,13H,11-12H2,1-3H3,(H2,19,20,25). The van der Waals surface area contributed by atoms with E-state index in [2.05, 4.69) is 10.6 Å². The van der Waals surface area contributed by atoms with Crippen LogP contribution in [0.5, 0.6) is 5.75 Å². The van der Waals surface area contributed by atoms with Crippen LogP contribution < -0.4 is 15.4 Å². The lowest BCUT2D eigenvalue weighted by atomic mass is 10.2. The molecule has 2 N–H and O–H groups in total. The Bertz CT molecular complexity index is 850. The zero-order valence-corrected chi connectivity index (χ0v) is 16.7. The van der Waals surface area contributed by atoms with Crippen LogP contribution in [0, 0.1) is 6.92 Å². The van der Waals surface area contributed by atoms with Gasteiger partial charge in [-0.1, -0.05) is 23.8 Å². The average molecular weight is 394 g/mol. The van der Waals surface area contributed by atoms with Gasteiger partial charge in [-0.3, -0.25) is 0 Å². The molecule has 0 spiro atoms. The number of anilines is 1. The predicted molar refractivity (Wildman–Crippen MR) is 108 cm³/mol. The maximum atomic E-state index is 12.2. The quantitative estimate of drug-likeness (QED) is 0.557. The molecular weight excluding hydrogens is 370 g/mol. The summed E-state index contributed by atoms with van der Waals surface area (Å²) in [6.07, 6.45) is 0. The summed E-state index contributed by atoms with van der Waals surface area (Å²) in [6.45, 7) is 3.00. The second kappa shape index (κ2) is 8.98.